The number of benzene rings is 3. The predicted octanol–water partition coefficient (Wildman–Crippen LogP) is 6.48. The van der Waals surface area contributed by atoms with Crippen LogP contribution in [0.15, 0.2) is 89.6 Å². The Labute approximate surface area is 292 Å². The molecule has 2 amide bonds. The molecule has 0 radical (unpaired) electrons. The fourth-order valence-electron chi connectivity index (χ4n) is 6.39. The van der Waals surface area contributed by atoms with Crippen molar-refractivity contribution in [3.8, 4) is 22.5 Å². The number of para-hydroxylation sites is 1. The molecule has 4 heterocycles. The molecule has 1 aliphatic rings. The molecule has 0 unspecified atom stereocenters. The third kappa shape index (κ3) is 5.87. The van der Waals surface area contributed by atoms with Gasteiger partial charge in [0.05, 0.1) is 35.6 Å². The van der Waals surface area contributed by atoms with Gasteiger partial charge < -0.3 is 19.5 Å². The summed E-state index contributed by atoms with van der Waals surface area (Å²) < 4.78 is 12.3. The molecule has 7 rings (SSSR count). The maximum atomic E-state index is 14.2. The number of anilines is 1. The van der Waals surface area contributed by atoms with E-state index in [-0.39, 0.29) is 43.5 Å². The number of methoxy groups -OCH3 is 1. The number of ether oxygens (including phenoxy) is 1. The van der Waals surface area contributed by atoms with E-state index in [9.17, 15) is 14.4 Å². The van der Waals surface area contributed by atoms with E-state index >= 15 is 0 Å². The first-order chi connectivity index (χ1) is 24.2. The van der Waals surface area contributed by atoms with Crippen LogP contribution in [0, 0.1) is 13.8 Å². The normalized spacial score (nSPS) is 14.0. The second-order valence-electron chi connectivity index (χ2n) is 12.2. The van der Waals surface area contributed by atoms with Crippen LogP contribution in [-0.4, -0.2) is 68.0 Å². The fraction of sp³-hybridized carbons (Fsp3) is 0.216. The van der Waals surface area contributed by atoms with E-state index in [4.69, 9.17) is 20.9 Å². The van der Waals surface area contributed by atoms with Crippen LogP contribution in [0.2, 0.25) is 5.02 Å². The highest BCUT2D eigenvalue weighted by Gasteiger charge is 2.46. The van der Waals surface area contributed by atoms with Crippen molar-refractivity contribution in [3.63, 3.8) is 0 Å². The Balaban J connectivity index is 1.15. The van der Waals surface area contributed by atoms with Gasteiger partial charge in [0.15, 0.2) is 5.54 Å². The number of amides is 2. The minimum Gasteiger partial charge on any atom is -0.467 e. The lowest BCUT2D eigenvalue weighted by Gasteiger charge is -2.39. The van der Waals surface area contributed by atoms with E-state index in [1.54, 1.807) is 36.2 Å². The number of hydrogen-bond donors (Lipinski definition) is 1. The summed E-state index contributed by atoms with van der Waals surface area (Å²) in [5.74, 6) is -0.997. The molecule has 1 fully saturated rings. The molecule has 50 heavy (non-hydrogen) atoms. The molecule has 0 bridgehead atoms. The number of likely N-dealkylation sites (tertiary alicyclic amines) is 1. The van der Waals surface area contributed by atoms with Gasteiger partial charge >= 0.3 is 5.97 Å². The predicted molar refractivity (Wildman–Crippen MR) is 187 cm³/mol. The molecule has 1 aliphatic heterocycles. The third-order valence-electron chi connectivity index (χ3n) is 9.18. The summed E-state index contributed by atoms with van der Waals surface area (Å²) in [6.07, 6.45) is 2.13. The van der Waals surface area contributed by atoms with Crippen LogP contribution in [0.25, 0.3) is 33.6 Å². The number of hydrogen-bond acceptors (Lipinski definition) is 9. The fourth-order valence-corrected chi connectivity index (χ4v) is 6.62. The van der Waals surface area contributed by atoms with Crippen LogP contribution in [0.1, 0.15) is 44.8 Å². The Bertz CT molecular complexity index is 2260. The van der Waals surface area contributed by atoms with Crippen LogP contribution < -0.4 is 5.32 Å². The maximum absolute atomic E-state index is 14.2. The van der Waals surface area contributed by atoms with E-state index in [1.807, 2.05) is 67.6 Å². The minimum atomic E-state index is -1.21. The molecule has 6 aromatic rings. The molecule has 13 heteroatoms. The van der Waals surface area contributed by atoms with Gasteiger partial charge in [0.25, 0.3) is 17.5 Å². The van der Waals surface area contributed by atoms with Crippen LogP contribution >= 0.6 is 11.6 Å². The zero-order valence-electron chi connectivity index (χ0n) is 27.5. The first-order valence-corrected chi connectivity index (χ1v) is 16.4. The third-order valence-corrected chi connectivity index (χ3v) is 9.51. The number of pyridine rings is 1. The van der Waals surface area contributed by atoms with Crippen molar-refractivity contribution < 1.29 is 23.6 Å². The molecule has 0 spiro atoms. The molecule has 1 saturated heterocycles. The van der Waals surface area contributed by atoms with Gasteiger partial charge in [0, 0.05) is 53.3 Å². The lowest BCUT2D eigenvalue weighted by atomic mass is 9.87. The van der Waals surface area contributed by atoms with Gasteiger partial charge in [0.1, 0.15) is 5.69 Å². The summed E-state index contributed by atoms with van der Waals surface area (Å²) in [5.41, 5.74) is 4.18. The number of nitrogens with one attached hydrogen (secondary N) is 1. The zero-order valence-corrected chi connectivity index (χ0v) is 28.3. The largest absolute Gasteiger partial charge is 0.467 e. The highest BCUT2D eigenvalue weighted by Crippen LogP contribution is 2.36. The number of nitrogens with zero attached hydrogens (tertiary/aromatic N) is 6. The summed E-state index contributed by atoms with van der Waals surface area (Å²) in [7, 11) is 1.33. The zero-order chi connectivity index (χ0) is 35.0. The summed E-state index contributed by atoms with van der Waals surface area (Å²) >= 11 is 6.47. The van der Waals surface area contributed by atoms with Gasteiger partial charge in [-0.3, -0.25) is 9.59 Å². The average molecular weight is 690 g/mol. The lowest BCUT2D eigenvalue weighted by Crippen LogP contribution is -2.53. The number of halogens is 1. The number of piperidine rings is 1. The Morgan fingerprint density at radius 3 is 2.40 bits per heavy atom. The second-order valence-corrected chi connectivity index (χ2v) is 12.6. The summed E-state index contributed by atoms with van der Waals surface area (Å²) in [6, 6.07) is 23.6. The number of rotatable bonds is 7. The molecule has 0 saturated carbocycles. The molecule has 1 N–H and O–H groups in total. The molecule has 0 aliphatic carbocycles. The number of fused-ring (bicyclic) bond motifs is 1. The van der Waals surface area contributed by atoms with Crippen LogP contribution in [0.5, 0.6) is 0 Å². The highest BCUT2D eigenvalue weighted by atomic mass is 35.5. The van der Waals surface area contributed by atoms with Gasteiger partial charge in [-0.25, -0.2) is 14.5 Å². The number of esters is 1. The molecule has 0 atom stereocenters. The van der Waals surface area contributed by atoms with Crippen LogP contribution in [0.3, 0.4) is 0 Å². The first kappa shape index (κ1) is 32.7. The smallest absolute Gasteiger partial charge is 0.334 e. The first-order valence-electron chi connectivity index (χ1n) is 16.0. The Kier molecular flexibility index (Phi) is 8.62. The van der Waals surface area contributed by atoms with Crippen molar-refractivity contribution in [2.24, 2.45) is 0 Å². The van der Waals surface area contributed by atoms with Gasteiger partial charge in [-0.15, -0.1) is 5.10 Å². The van der Waals surface area contributed by atoms with Crippen LogP contribution in [0.4, 0.5) is 5.69 Å². The monoisotopic (exact) mass is 689 g/mol. The highest BCUT2D eigenvalue weighted by molar-refractivity contribution is 6.33. The van der Waals surface area contributed by atoms with E-state index in [0.717, 1.165) is 5.56 Å². The molecule has 12 nitrogen and oxygen atoms in total. The number of aryl methyl sites for hydroxylation is 2. The van der Waals surface area contributed by atoms with Crippen molar-refractivity contribution in [1.29, 1.82) is 0 Å². The lowest BCUT2D eigenvalue weighted by molar-refractivity contribution is -0.154. The van der Waals surface area contributed by atoms with Gasteiger partial charge in [-0.2, -0.15) is 0 Å². The van der Waals surface area contributed by atoms with Crippen molar-refractivity contribution >= 4 is 46.2 Å². The number of carbonyl (C=O) groups excluding carboxylic acids is 3. The molecular weight excluding hydrogens is 658 g/mol. The molecule has 3 aromatic carbocycles. The van der Waals surface area contributed by atoms with Crippen molar-refractivity contribution in [2.75, 3.05) is 25.5 Å². The van der Waals surface area contributed by atoms with E-state index in [1.165, 1.54) is 11.8 Å². The standard InChI is InChI=1S/C37H32ClN7O5/c1-22-13-14-24(19-27(22)33(46)39-25-9-5-4-6-10-25)31-21-45(43-41-31)37(36(48)49-3)15-17-44(18-16-37)35(47)28-20-30(26-11-7-8-12-29(26)38)40-34-32(28)23(2)42-50-34/h4-14,19-21H,15-18H2,1-3H3,(H,39,46). The average Bonchev–Trinajstić information content (AvgIpc) is 3.79. The molecule has 3 aromatic heterocycles. The molecular formula is C37H32ClN7O5. The Morgan fingerprint density at radius 2 is 1.66 bits per heavy atom. The topological polar surface area (TPSA) is 145 Å². The maximum Gasteiger partial charge on any atom is 0.334 e. The number of carbonyl (C=O) groups is 3. The Morgan fingerprint density at radius 1 is 0.920 bits per heavy atom. The van der Waals surface area contributed by atoms with E-state index in [2.05, 4.69) is 25.8 Å². The molecule has 252 valence electrons. The second kappa shape index (κ2) is 13.2. The van der Waals surface area contributed by atoms with Crippen molar-refractivity contribution in [3.05, 3.63) is 112 Å². The van der Waals surface area contributed by atoms with E-state index in [0.29, 0.717) is 55.4 Å². The number of aromatic nitrogens is 5. The minimum absolute atomic E-state index is 0.223. The summed E-state index contributed by atoms with van der Waals surface area (Å²) in [5, 5.41) is 16.7. The van der Waals surface area contributed by atoms with Gasteiger partial charge in [-0.1, -0.05) is 70.5 Å². The summed E-state index contributed by atoms with van der Waals surface area (Å²) in [6.45, 7) is 4.08. The SMILES string of the molecule is COC(=O)C1(n2cc(-c3ccc(C)c(C(=O)Nc4ccccc4)c3)nn2)CCN(C(=O)c2cc(-c3ccccc3Cl)nc3onc(C)c23)CC1. The Hall–Kier alpha value is -5.88. The van der Waals surface area contributed by atoms with Gasteiger partial charge in [-0.05, 0) is 49.7 Å². The van der Waals surface area contributed by atoms with E-state index < -0.39 is 11.5 Å². The quantitative estimate of drug-likeness (QED) is 0.186. The van der Waals surface area contributed by atoms with Gasteiger partial charge in [0.2, 0.25) is 0 Å². The van der Waals surface area contributed by atoms with Crippen molar-refractivity contribution in [2.45, 2.75) is 32.2 Å². The summed E-state index contributed by atoms with van der Waals surface area (Å²) in [4.78, 5) is 47.0. The van der Waals surface area contributed by atoms with Crippen LogP contribution in [-0.2, 0) is 15.1 Å². The van der Waals surface area contributed by atoms with Crippen molar-refractivity contribution in [1.82, 2.24) is 30.0 Å².